The van der Waals surface area contributed by atoms with Crippen LogP contribution < -0.4 is 10.9 Å². The lowest BCUT2D eigenvalue weighted by molar-refractivity contribution is 0.277. The summed E-state index contributed by atoms with van der Waals surface area (Å²) < 4.78 is 0. The van der Waals surface area contributed by atoms with E-state index in [0.29, 0.717) is 11.9 Å². The molecular weight excluding hydrogens is 240 g/mol. The van der Waals surface area contributed by atoms with Crippen LogP contribution in [0.4, 0.5) is 5.82 Å². The molecule has 2 rings (SSSR count). The molecule has 5 nitrogen and oxygen atoms in total. The molecule has 1 fully saturated rings. The second kappa shape index (κ2) is 5.51. The van der Waals surface area contributed by atoms with Crippen LogP contribution in [0.2, 0.25) is 5.02 Å². The maximum atomic E-state index is 11.3. The Bertz CT molecular complexity index is 434. The fourth-order valence-corrected chi connectivity index (χ4v) is 2.43. The van der Waals surface area contributed by atoms with E-state index in [-0.39, 0.29) is 10.6 Å². The van der Waals surface area contributed by atoms with Crippen LogP contribution in [0.15, 0.2) is 11.1 Å². The Morgan fingerprint density at radius 1 is 1.71 bits per heavy atom. The quantitative estimate of drug-likeness (QED) is 0.853. The Morgan fingerprint density at radius 3 is 3.29 bits per heavy atom. The van der Waals surface area contributed by atoms with Gasteiger partial charge in [-0.25, -0.2) is 4.98 Å². The summed E-state index contributed by atoms with van der Waals surface area (Å²) in [6, 6.07) is 0.511. The molecule has 0 saturated carbocycles. The van der Waals surface area contributed by atoms with E-state index >= 15 is 0 Å². The van der Waals surface area contributed by atoms with Crippen LogP contribution in [0.3, 0.4) is 0 Å². The fraction of sp³-hybridized carbons (Fsp3) is 0.636. The highest BCUT2D eigenvalue weighted by Gasteiger charge is 2.22. The third-order valence-corrected chi connectivity index (χ3v) is 3.56. The second-order valence-electron chi connectivity index (χ2n) is 4.20. The molecule has 1 aromatic heterocycles. The molecule has 1 atom stereocenters. The van der Waals surface area contributed by atoms with Crippen LogP contribution in [-0.4, -0.2) is 40.5 Å². The number of H-pyrrole nitrogens is 1. The predicted molar refractivity (Wildman–Crippen MR) is 68.6 cm³/mol. The van der Waals surface area contributed by atoms with Gasteiger partial charge < -0.3 is 10.3 Å². The van der Waals surface area contributed by atoms with Crippen molar-refractivity contribution in [3.05, 3.63) is 21.7 Å². The van der Waals surface area contributed by atoms with E-state index in [4.69, 9.17) is 11.6 Å². The molecule has 1 unspecified atom stereocenters. The maximum Gasteiger partial charge on any atom is 0.271 e. The van der Waals surface area contributed by atoms with Crippen molar-refractivity contribution in [2.24, 2.45) is 0 Å². The lowest BCUT2D eigenvalue weighted by Crippen LogP contribution is -2.35. The molecule has 0 amide bonds. The van der Waals surface area contributed by atoms with E-state index in [1.165, 1.54) is 19.2 Å². The van der Waals surface area contributed by atoms with Crippen LogP contribution >= 0.6 is 11.6 Å². The van der Waals surface area contributed by atoms with Crippen molar-refractivity contribution in [2.45, 2.75) is 25.8 Å². The molecule has 1 aliphatic rings. The number of rotatable bonds is 4. The highest BCUT2D eigenvalue weighted by Crippen LogP contribution is 2.18. The number of hydrogen-bond donors (Lipinski definition) is 2. The van der Waals surface area contributed by atoms with Crippen LogP contribution in [0.25, 0.3) is 0 Å². The van der Waals surface area contributed by atoms with E-state index in [0.717, 1.165) is 19.6 Å². The van der Waals surface area contributed by atoms with Gasteiger partial charge >= 0.3 is 0 Å². The van der Waals surface area contributed by atoms with Crippen molar-refractivity contribution in [3.8, 4) is 0 Å². The summed E-state index contributed by atoms with van der Waals surface area (Å²) in [7, 11) is 0. The van der Waals surface area contributed by atoms with Gasteiger partial charge in [-0.15, -0.1) is 0 Å². The number of likely N-dealkylation sites (N-methyl/N-ethyl adjacent to an activating group) is 1. The molecule has 1 aliphatic heterocycles. The largest absolute Gasteiger partial charge is 0.367 e. The van der Waals surface area contributed by atoms with Crippen molar-refractivity contribution in [3.63, 3.8) is 0 Å². The van der Waals surface area contributed by atoms with Gasteiger partial charge in [0.25, 0.3) is 5.56 Å². The van der Waals surface area contributed by atoms with Gasteiger partial charge in [0.1, 0.15) is 5.02 Å². The Labute approximate surface area is 105 Å². The molecule has 17 heavy (non-hydrogen) atoms. The van der Waals surface area contributed by atoms with Gasteiger partial charge in [0.15, 0.2) is 5.82 Å². The van der Waals surface area contributed by atoms with E-state index in [1.54, 1.807) is 0 Å². The zero-order chi connectivity index (χ0) is 12.3. The summed E-state index contributed by atoms with van der Waals surface area (Å²) >= 11 is 5.87. The second-order valence-corrected chi connectivity index (χ2v) is 4.58. The van der Waals surface area contributed by atoms with Crippen molar-refractivity contribution < 1.29 is 0 Å². The number of likely N-dealkylation sites (tertiary alicyclic amines) is 1. The molecule has 1 aromatic rings. The van der Waals surface area contributed by atoms with E-state index < -0.39 is 0 Å². The Hall–Kier alpha value is -1.07. The SMILES string of the molecule is CCN1CCCC1CNc1nc[nH]c(=O)c1Cl. The smallest absolute Gasteiger partial charge is 0.271 e. The van der Waals surface area contributed by atoms with Gasteiger partial charge in [-0.1, -0.05) is 18.5 Å². The Balaban J connectivity index is 1.98. The summed E-state index contributed by atoms with van der Waals surface area (Å²) in [5, 5.41) is 3.29. The highest BCUT2D eigenvalue weighted by atomic mass is 35.5. The first-order chi connectivity index (χ1) is 8.22. The van der Waals surface area contributed by atoms with Gasteiger partial charge in [0.2, 0.25) is 0 Å². The molecule has 1 saturated heterocycles. The first-order valence-corrected chi connectivity index (χ1v) is 6.31. The monoisotopic (exact) mass is 256 g/mol. The van der Waals surface area contributed by atoms with Gasteiger partial charge in [-0.05, 0) is 25.9 Å². The average molecular weight is 257 g/mol. The lowest BCUT2D eigenvalue weighted by atomic mass is 10.2. The minimum Gasteiger partial charge on any atom is -0.367 e. The van der Waals surface area contributed by atoms with Gasteiger partial charge in [0.05, 0.1) is 6.33 Å². The zero-order valence-corrected chi connectivity index (χ0v) is 10.6. The van der Waals surface area contributed by atoms with Crippen LogP contribution in [0.5, 0.6) is 0 Å². The first kappa shape index (κ1) is 12.4. The number of aromatic nitrogens is 2. The average Bonchev–Trinajstić information content (AvgIpc) is 2.78. The van der Waals surface area contributed by atoms with Crippen molar-refractivity contribution >= 4 is 17.4 Å². The summed E-state index contributed by atoms with van der Waals surface area (Å²) in [6.07, 6.45) is 3.78. The maximum absolute atomic E-state index is 11.3. The van der Waals surface area contributed by atoms with Crippen molar-refractivity contribution in [1.82, 2.24) is 14.9 Å². The molecule has 2 N–H and O–H groups in total. The molecule has 0 aliphatic carbocycles. The van der Waals surface area contributed by atoms with E-state index in [9.17, 15) is 4.79 Å². The third kappa shape index (κ3) is 2.79. The van der Waals surface area contributed by atoms with Crippen LogP contribution in [-0.2, 0) is 0 Å². The summed E-state index contributed by atoms with van der Waals surface area (Å²) in [5.41, 5.74) is -0.303. The molecule has 6 heteroatoms. The summed E-state index contributed by atoms with van der Waals surface area (Å²) in [5.74, 6) is 0.471. The Morgan fingerprint density at radius 2 is 2.53 bits per heavy atom. The topological polar surface area (TPSA) is 61.0 Å². The van der Waals surface area contributed by atoms with Crippen molar-refractivity contribution in [1.29, 1.82) is 0 Å². The number of anilines is 1. The molecule has 0 bridgehead atoms. The lowest BCUT2D eigenvalue weighted by Gasteiger charge is -2.23. The van der Waals surface area contributed by atoms with E-state index in [1.807, 2.05) is 0 Å². The number of hydrogen-bond acceptors (Lipinski definition) is 4. The zero-order valence-electron chi connectivity index (χ0n) is 9.87. The minimum absolute atomic E-state index is 0.133. The molecular formula is C11H17ClN4O. The predicted octanol–water partition coefficient (Wildman–Crippen LogP) is 1.32. The number of nitrogens with one attached hydrogen (secondary N) is 2. The molecule has 94 valence electrons. The molecule has 0 aromatic carbocycles. The highest BCUT2D eigenvalue weighted by molar-refractivity contribution is 6.32. The number of halogens is 1. The third-order valence-electron chi connectivity index (χ3n) is 3.21. The summed E-state index contributed by atoms with van der Waals surface area (Å²) in [6.45, 7) is 5.16. The number of nitrogens with zero attached hydrogens (tertiary/aromatic N) is 2. The van der Waals surface area contributed by atoms with E-state index in [2.05, 4.69) is 27.1 Å². The molecule has 0 spiro atoms. The fourth-order valence-electron chi connectivity index (χ4n) is 2.26. The van der Waals surface area contributed by atoms with Crippen LogP contribution in [0.1, 0.15) is 19.8 Å². The van der Waals surface area contributed by atoms with Gasteiger partial charge in [0, 0.05) is 12.6 Å². The molecule has 0 radical (unpaired) electrons. The standard InChI is InChI=1S/C11H17ClN4O/c1-2-16-5-3-4-8(16)6-13-10-9(12)11(17)15-7-14-10/h7-8H,2-6H2,1H3,(H2,13,14,15,17). The first-order valence-electron chi connectivity index (χ1n) is 5.93. The molecule has 2 heterocycles. The normalized spacial score (nSPS) is 20.7. The number of aromatic amines is 1. The minimum atomic E-state index is -0.303. The van der Waals surface area contributed by atoms with Crippen LogP contribution in [0, 0.1) is 0 Å². The van der Waals surface area contributed by atoms with Crippen molar-refractivity contribution in [2.75, 3.05) is 25.0 Å². The Kier molecular flexibility index (Phi) is 4.02. The van der Waals surface area contributed by atoms with Gasteiger partial charge in [-0.2, -0.15) is 0 Å². The van der Waals surface area contributed by atoms with Gasteiger partial charge in [-0.3, -0.25) is 9.69 Å². The summed E-state index contributed by atoms with van der Waals surface area (Å²) in [4.78, 5) is 20.2.